The van der Waals surface area contributed by atoms with E-state index in [9.17, 15) is 9.69 Å². The Hall–Kier alpha value is -0.280. The molecule has 5 heteroatoms. The summed E-state index contributed by atoms with van der Waals surface area (Å²) >= 11 is 0. The number of unbranched alkanes of at least 4 members (excludes halogenated alkanes) is 12. The molecule has 0 aliphatic heterocycles. The van der Waals surface area contributed by atoms with Gasteiger partial charge in [0.1, 0.15) is 14.7 Å². The summed E-state index contributed by atoms with van der Waals surface area (Å²) in [5, 5.41) is 0. The Labute approximate surface area is 188 Å². The second-order valence-electron chi connectivity index (χ2n) is 9.52. The Morgan fingerprint density at radius 1 is 0.800 bits per heavy atom. The average Bonchev–Trinajstić information content (AvgIpc) is 2.68. The van der Waals surface area contributed by atoms with Gasteiger partial charge < -0.3 is 14.1 Å². The number of allylic oxidation sites excluding steroid dienone is 2. The number of hydrogen-bond acceptors (Lipinski definition) is 3. The predicted molar refractivity (Wildman–Crippen MR) is 132 cm³/mol. The van der Waals surface area contributed by atoms with Crippen LogP contribution >= 0.6 is 8.15 Å². The van der Waals surface area contributed by atoms with E-state index in [2.05, 4.69) is 19.1 Å². The van der Waals surface area contributed by atoms with E-state index in [4.69, 9.17) is 4.74 Å². The highest BCUT2D eigenvalue weighted by Gasteiger charge is 2.22. The SMILES string of the molecule is CCCCCCCCC=CCCCCCCCCOCCP(O)C(=O)C[N+](C)(C)C. The molecule has 0 heterocycles. The van der Waals surface area contributed by atoms with E-state index in [0.717, 1.165) is 13.0 Å². The van der Waals surface area contributed by atoms with Gasteiger partial charge >= 0.3 is 0 Å². The maximum Gasteiger partial charge on any atom is 0.235 e. The lowest BCUT2D eigenvalue weighted by Crippen LogP contribution is -2.39. The van der Waals surface area contributed by atoms with Gasteiger partial charge in [-0.3, -0.25) is 4.79 Å². The van der Waals surface area contributed by atoms with Gasteiger partial charge in [-0.1, -0.05) is 76.9 Å². The lowest BCUT2D eigenvalue weighted by Gasteiger charge is -2.23. The topological polar surface area (TPSA) is 46.5 Å². The van der Waals surface area contributed by atoms with Crippen LogP contribution in [0.5, 0.6) is 0 Å². The van der Waals surface area contributed by atoms with Crippen LogP contribution in [0.3, 0.4) is 0 Å². The van der Waals surface area contributed by atoms with Gasteiger partial charge in [0.05, 0.1) is 27.7 Å². The van der Waals surface area contributed by atoms with E-state index >= 15 is 0 Å². The van der Waals surface area contributed by atoms with Gasteiger partial charge in [0.15, 0.2) is 0 Å². The van der Waals surface area contributed by atoms with Crippen molar-refractivity contribution in [1.82, 2.24) is 0 Å². The summed E-state index contributed by atoms with van der Waals surface area (Å²) in [4.78, 5) is 21.8. The van der Waals surface area contributed by atoms with Crippen molar-refractivity contribution in [2.45, 2.75) is 96.8 Å². The van der Waals surface area contributed by atoms with Gasteiger partial charge in [-0.25, -0.2) is 0 Å². The highest BCUT2D eigenvalue weighted by Crippen LogP contribution is 2.30. The van der Waals surface area contributed by atoms with Crippen molar-refractivity contribution in [3.05, 3.63) is 12.2 Å². The molecule has 0 saturated heterocycles. The molecule has 0 spiro atoms. The molecule has 0 aromatic carbocycles. The zero-order valence-electron chi connectivity index (χ0n) is 20.5. The van der Waals surface area contributed by atoms with Crippen LogP contribution in [0.1, 0.15) is 96.8 Å². The van der Waals surface area contributed by atoms with Crippen molar-refractivity contribution in [2.75, 3.05) is 47.1 Å². The Kier molecular flexibility index (Phi) is 20.4. The van der Waals surface area contributed by atoms with Crippen LogP contribution in [-0.2, 0) is 9.53 Å². The number of quaternary nitrogens is 1. The molecule has 0 aliphatic carbocycles. The molecule has 1 atom stereocenters. The third-order valence-corrected chi connectivity index (χ3v) is 6.47. The second-order valence-corrected chi connectivity index (χ2v) is 11.3. The van der Waals surface area contributed by atoms with Crippen molar-refractivity contribution in [3.63, 3.8) is 0 Å². The normalized spacial score (nSPS) is 13.2. The van der Waals surface area contributed by atoms with Crippen LogP contribution in [0.2, 0.25) is 0 Å². The molecule has 0 saturated carbocycles. The summed E-state index contributed by atoms with van der Waals surface area (Å²) in [5.41, 5.74) is -0.0293. The monoisotopic (exact) mass is 444 g/mol. The fourth-order valence-corrected chi connectivity index (χ4v) is 4.46. The van der Waals surface area contributed by atoms with E-state index < -0.39 is 8.15 Å². The molecule has 0 amide bonds. The number of rotatable bonds is 22. The minimum absolute atomic E-state index is 0.0293. The molecule has 0 fully saturated rings. The van der Waals surface area contributed by atoms with Crippen LogP contribution in [-0.4, -0.2) is 62.0 Å². The first kappa shape index (κ1) is 29.7. The fourth-order valence-electron chi connectivity index (χ4n) is 3.32. The number of hydrogen-bond donors (Lipinski definition) is 1. The molecule has 0 radical (unpaired) electrons. The Morgan fingerprint density at radius 3 is 1.83 bits per heavy atom. The van der Waals surface area contributed by atoms with E-state index in [1.54, 1.807) is 0 Å². The van der Waals surface area contributed by atoms with Gasteiger partial charge in [-0.15, -0.1) is 0 Å². The third-order valence-electron chi connectivity index (χ3n) is 5.15. The van der Waals surface area contributed by atoms with Crippen molar-refractivity contribution in [1.29, 1.82) is 0 Å². The molecule has 4 nitrogen and oxygen atoms in total. The fraction of sp³-hybridized carbons (Fsp3) is 0.880. The second kappa shape index (κ2) is 20.6. The van der Waals surface area contributed by atoms with Crippen LogP contribution < -0.4 is 0 Å². The van der Waals surface area contributed by atoms with Gasteiger partial charge in [-0.05, 0) is 32.1 Å². The van der Waals surface area contributed by atoms with E-state index in [1.807, 2.05) is 21.1 Å². The number of carbonyl (C=O) groups is 1. The largest absolute Gasteiger partial charge is 0.381 e. The van der Waals surface area contributed by atoms with E-state index in [1.165, 1.54) is 83.5 Å². The number of ether oxygens (including phenoxy) is 1. The molecule has 0 aromatic heterocycles. The molecule has 0 aromatic rings. The van der Waals surface area contributed by atoms with Crippen LogP contribution in [0.25, 0.3) is 0 Å². The lowest BCUT2D eigenvalue weighted by atomic mass is 10.1. The van der Waals surface area contributed by atoms with Crippen molar-refractivity contribution < 1.29 is 18.9 Å². The van der Waals surface area contributed by atoms with E-state index in [-0.39, 0.29) is 5.52 Å². The molecular weight excluding hydrogens is 393 g/mol. The molecule has 1 unspecified atom stereocenters. The lowest BCUT2D eigenvalue weighted by molar-refractivity contribution is -0.861. The molecule has 0 bridgehead atoms. The zero-order valence-corrected chi connectivity index (χ0v) is 21.4. The summed E-state index contributed by atoms with van der Waals surface area (Å²) in [5.74, 6) is 0. The minimum Gasteiger partial charge on any atom is -0.381 e. The van der Waals surface area contributed by atoms with Crippen molar-refractivity contribution >= 4 is 13.7 Å². The molecule has 0 aliphatic rings. The molecular formula is C25H51NO3P+. The summed E-state index contributed by atoms with van der Waals surface area (Å²) < 4.78 is 6.16. The highest BCUT2D eigenvalue weighted by atomic mass is 31.1. The number of carbonyl (C=O) groups excluding carboxylic acids is 1. The quantitative estimate of drug-likeness (QED) is 0.0878. The van der Waals surface area contributed by atoms with Crippen molar-refractivity contribution in [3.8, 4) is 0 Å². The summed E-state index contributed by atoms with van der Waals surface area (Å²) in [6, 6.07) is 0. The molecule has 30 heavy (non-hydrogen) atoms. The summed E-state index contributed by atoms with van der Waals surface area (Å²) in [6.45, 7) is 3.90. The zero-order chi connectivity index (χ0) is 22.5. The summed E-state index contributed by atoms with van der Waals surface area (Å²) in [7, 11) is 4.36. The van der Waals surface area contributed by atoms with Crippen LogP contribution in [0.4, 0.5) is 0 Å². The first-order valence-electron chi connectivity index (χ1n) is 12.4. The van der Waals surface area contributed by atoms with Gasteiger partial charge in [0, 0.05) is 12.8 Å². The summed E-state index contributed by atoms with van der Waals surface area (Å²) in [6.07, 6.45) is 23.5. The van der Waals surface area contributed by atoms with Gasteiger partial charge in [0.25, 0.3) is 0 Å². The first-order valence-corrected chi connectivity index (χ1v) is 13.9. The van der Waals surface area contributed by atoms with Crippen LogP contribution in [0.15, 0.2) is 12.2 Å². The standard InChI is InChI=1S/C25H51NO3P/c1-5-6-7-8-9-10-11-12-13-14-15-16-17-18-19-20-21-29-22-23-30(28)25(27)24-26(2,3)4/h12-13,28H,5-11,14-24H2,1-4H3/q+1. The Balaban J connectivity index is 3.29. The maximum absolute atomic E-state index is 11.9. The van der Waals surface area contributed by atoms with Crippen molar-refractivity contribution in [2.24, 2.45) is 0 Å². The highest BCUT2D eigenvalue weighted by molar-refractivity contribution is 7.69. The van der Waals surface area contributed by atoms with Crippen LogP contribution in [0, 0.1) is 0 Å². The van der Waals surface area contributed by atoms with Gasteiger partial charge in [-0.2, -0.15) is 0 Å². The predicted octanol–water partition coefficient (Wildman–Crippen LogP) is 6.66. The molecule has 178 valence electrons. The van der Waals surface area contributed by atoms with E-state index in [0.29, 0.717) is 23.8 Å². The molecule has 0 rings (SSSR count). The maximum atomic E-state index is 11.9. The first-order chi connectivity index (χ1) is 14.4. The minimum atomic E-state index is -1.54. The average molecular weight is 445 g/mol. The number of likely N-dealkylation sites (N-methyl/N-ethyl adjacent to an activating group) is 1. The Bertz CT molecular complexity index is 421. The van der Waals surface area contributed by atoms with Gasteiger partial charge in [0.2, 0.25) is 5.52 Å². The number of nitrogens with zero attached hydrogens (tertiary/aromatic N) is 1. The molecule has 1 N–H and O–H groups in total. The smallest absolute Gasteiger partial charge is 0.235 e. The third kappa shape index (κ3) is 22.4. The Morgan fingerprint density at radius 2 is 1.30 bits per heavy atom.